The first-order chi connectivity index (χ1) is 7.10. The third-order valence-corrected chi connectivity index (χ3v) is 2.76. The van der Waals surface area contributed by atoms with Crippen molar-refractivity contribution >= 4 is 11.8 Å². The molecule has 0 saturated carbocycles. The number of rotatable bonds is 5. The lowest BCUT2D eigenvalue weighted by atomic mass is 10.1. The number of amides is 2. The first-order valence-corrected chi connectivity index (χ1v) is 5.42. The van der Waals surface area contributed by atoms with E-state index in [1.165, 1.54) is 0 Å². The van der Waals surface area contributed by atoms with Gasteiger partial charge < -0.3 is 15.5 Å². The van der Waals surface area contributed by atoms with E-state index in [1.807, 2.05) is 13.8 Å². The molecule has 1 fully saturated rings. The van der Waals surface area contributed by atoms with E-state index >= 15 is 0 Å². The molecule has 1 aliphatic heterocycles. The number of hydrogen-bond donors (Lipinski definition) is 1. The van der Waals surface area contributed by atoms with Gasteiger partial charge in [0, 0.05) is 32.6 Å². The zero-order valence-electron chi connectivity index (χ0n) is 9.40. The monoisotopic (exact) mass is 213 g/mol. The summed E-state index contributed by atoms with van der Waals surface area (Å²) in [6, 6.07) is -0.339. The SMILES string of the molecule is CCN(CC)C(=O)CCN1CC(N)C1=O. The van der Waals surface area contributed by atoms with Gasteiger partial charge in [0.15, 0.2) is 0 Å². The molecule has 0 radical (unpaired) electrons. The van der Waals surface area contributed by atoms with Crippen LogP contribution in [0.3, 0.4) is 0 Å². The Morgan fingerprint density at radius 1 is 1.53 bits per heavy atom. The van der Waals surface area contributed by atoms with Crippen molar-refractivity contribution in [3.63, 3.8) is 0 Å². The Kier molecular flexibility index (Phi) is 4.08. The maximum atomic E-state index is 11.6. The summed E-state index contributed by atoms with van der Waals surface area (Å²) < 4.78 is 0. The third-order valence-electron chi connectivity index (χ3n) is 2.76. The minimum absolute atomic E-state index is 0.0395. The second-order valence-electron chi connectivity index (χ2n) is 3.71. The number of carbonyl (C=O) groups is 2. The van der Waals surface area contributed by atoms with Crippen molar-refractivity contribution in [2.45, 2.75) is 26.3 Å². The van der Waals surface area contributed by atoms with E-state index in [9.17, 15) is 9.59 Å². The van der Waals surface area contributed by atoms with Crippen LogP contribution >= 0.6 is 0 Å². The Labute approximate surface area is 90.2 Å². The van der Waals surface area contributed by atoms with Gasteiger partial charge in [-0.25, -0.2) is 0 Å². The summed E-state index contributed by atoms with van der Waals surface area (Å²) in [5, 5.41) is 0. The van der Waals surface area contributed by atoms with Gasteiger partial charge in [-0.1, -0.05) is 0 Å². The highest BCUT2D eigenvalue weighted by Crippen LogP contribution is 2.08. The molecule has 1 rings (SSSR count). The van der Waals surface area contributed by atoms with Crippen molar-refractivity contribution in [1.82, 2.24) is 9.80 Å². The van der Waals surface area contributed by atoms with E-state index in [2.05, 4.69) is 0 Å². The van der Waals surface area contributed by atoms with E-state index in [1.54, 1.807) is 9.80 Å². The lowest BCUT2D eigenvalue weighted by Gasteiger charge is -2.36. The molecule has 1 atom stereocenters. The second kappa shape index (κ2) is 5.11. The molecule has 1 aliphatic rings. The molecule has 1 saturated heterocycles. The van der Waals surface area contributed by atoms with Crippen molar-refractivity contribution in [3.05, 3.63) is 0 Å². The summed E-state index contributed by atoms with van der Waals surface area (Å²) in [6.07, 6.45) is 0.403. The number of nitrogens with two attached hydrogens (primary N) is 1. The van der Waals surface area contributed by atoms with Crippen LogP contribution < -0.4 is 5.73 Å². The fourth-order valence-corrected chi connectivity index (χ4v) is 1.69. The molecule has 1 unspecified atom stereocenters. The summed E-state index contributed by atoms with van der Waals surface area (Å²) in [6.45, 7) is 6.44. The average Bonchev–Trinajstić information content (AvgIpc) is 2.25. The maximum Gasteiger partial charge on any atom is 0.241 e. The van der Waals surface area contributed by atoms with Crippen molar-refractivity contribution in [2.24, 2.45) is 5.73 Å². The number of hydrogen-bond acceptors (Lipinski definition) is 3. The Morgan fingerprint density at radius 3 is 2.53 bits per heavy atom. The molecule has 1 heterocycles. The highest BCUT2D eigenvalue weighted by Gasteiger charge is 2.33. The van der Waals surface area contributed by atoms with Crippen molar-refractivity contribution < 1.29 is 9.59 Å². The van der Waals surface area contributed by atoms with Crippen LogP contribution in [0.5, 0.6) is 0 Å². The molecule has 2 N–H and O–H groups in total. The highest BCUT2D eigenvalue weighted by atomic mass is 16.2. The predicted molar refractivity (Wildman–Crippen MR) is 57.1 cm³/mol. The van der Waals surface area contributed by atoms with E-state index in [0.717, 1.165) is 13.1 Å². The minimum Gasteiger partial charge on any atom is -0.343 e. The van der Waals surface area contributed by atoms with Crippen molar-refractivity contribution in [3.8, 4) is 0 Å². The predicted octanol–water partition coefficient (Wildman–Crippen LogP) is -0.586. The highest BCUT2D eigenvalue weighted by molar-refractivity contribution is 5.88. The van der Waals surface area contributed by atoms with Gasteiger partial charge in [-0.3, -0.25) is 9.59 Å². The van der Waals surface area contributed by atoms with Crippen LogP contribution in [-0.2, 0) is 9.59 Å². The number of likely N-dealkylation sites (tertiary alicyclic amines) is 1. The molecule has 0 aliphatic carbocycles. The second-order valence-corrected chi connectivity index (χ2v) is 3.71. The minimum atomic E-state index is -0.339. The van der Waals surface area contributed by atoms with Crippen LogP contribution in [-0.4, -0.2) is 53.8 Å². The summed E-state index contributed by atoms with van der Waals surface area (Å²) in [7, 11) is 0. The molecule has 0 aromatic carbocycles. The quantitative estimate of drug-likeness (QED) is 0.621. The maximum absolute atomic E-state index is 11.6. The molecule has 0 spiro atoms. The molecule has 2 amide bonds. The smallest absolute Gasteiger partial charge is 0.241 e. The number of carbonyl (C=O) groups excluding carboxylic acids is 2. The normalized spacial score (nSPS) is 20.1. The van der Waals surface area contributed by atoms with Gasteiger partial charge in [0.1, 0.15) is 6.04 Å². The summed E-state index contributed by atoms with van der Waals surface area (Å²) >= 11 is 0. The lowest BCUT2D eigenvalue weighted by molar-refractivity contribution is -0.143. The molecule has 0 bridgehead atoms. The molecule has 0 aromatic rings. The zero-order chi connectivity index (χ0) is 11.4. The third kappa shape index (κ3) is 2.68. The van der Waals surface area contributed by atoms with Gasteiger partial charge in [-0.2, -0.15) is 0 Å². The topological polar surface area (TPSA) is 66.6 Å². The van der Waals surface area contributed by atoms with Gasteiger partial charge in [0.25, 0.3) is 0 Å². The van der Waals surface area contributed by atoms with Gasteiger partial charge in [0.05, 0.1) is 0 Å². The van der Waals surface area contributed by atoms with Crippen molar-refractivity contribution in [1.29, 1.82) is 0 Å². The van der Waals surface area contributed by atoms with E-state index in [0.29, 0.717) is 19.5 Å². The van der Waals surface area contributed by atoms with Crippen LogP contribution in [0.15, 0.2) is 0 Å². The van der Waals surface area contributed by atoms with Crippen LogP contribution in [0.1, 0.15) is 20.3 Å². The summed E-state index contributed by atoms with van der Waals surface area (Å²) in [4.78, 5) is 26.2. The fourth-order valence-electron chi connectivity index (χ4n) is 1.69. The molecular formula is C10H19N3O2. The standard InChI is InChI=1S/C10H19N3O2/c1-3-12(4-2)9(14)5-6-13-7-8(11)10(13)15/h8H,3-7,11H2,1-2H3. The first kappa shape index (κ1) is 12.0. The van der Waals surface area contributed by atoms with Crippen LogP contribution in [0.2, 0.25) is 0 Å². The largest absolute Gasteiger partial charge is 0.343 e. The van der Waals surface area contributed by atoms with Crippen LogP contribution in [0.25, 0.3) is 0 Å². The number of nitrogens with zero attached hydrogens (tertiary/aromatic N) is 2. The van der Waals surface area contributed by atoms with E-state index in [4.69, 9.17) is 5.73 Å². The summed E-state index contributed by atoms with van der Waals surface area (Å²) in [5.74, 6) is 0.0654. The summed E-state index contributed by atoms with van der Waals surface area (Å²) in [5.41, 5.74) is 5.44. The molecule has 86 valence electrons. The van der Waals surface area contributed by atoms with E-state index < -0.39 is 0 Å². The Balaban J connectivity index is 2.25. The van der Waals surface area contributed by atoms with Crippen molar-refractivity contribution in [2.75, 3.05) is 26.2 Å². The Hall–Kier alpha value is -1.10. The van der Waals surface area contributed by atoms with Gasteiger partial charge >= 0.3 is 0 Å². The molecule has 0 aromatic heterocycles. The molecular weight excluding hydrogens is 194 g/mol. The molecule has 5 heteroatoms. The lowest BCUT2D eigenvalue weighted by Crippen LogP contribution is -2.61. The fraction of sp³-hybridized carbons (Fsp3) is 0.800. The Morgan fingerprint density at radius 2 is 2.13 bits per heavy atom. The first-order valence-electron chi connectivity index (χ1n) is 5.42. The van der Waals surface area contributed by atoms with Gasteiger partial charge in [-0.05, 0) is 13.8 Å². The average molecular weight is 213 g/mol. The molecule has 5 nitrogen and oxygen atoms in total. The Bertz CT molecular complexity index is 251. The zero-order valence-corrected chi connectivity index (χ0v) is 9.40. The van der Waals surface area contributed by atoms with Crippen LogP contribution in [0.4, 0.5) is 0 Å². The van der Waals surface area contributed by atoms with Crippen LogP contribution in [0, 0.1) is 0 Å². The van der Waals surface area contributed by atoms with E-state index in [-0.39, 0.29) is 17.9 Å². The molecule has 15 heavy (non-hydrogen) atoms. The number of β-lactam (4-membered cyclic amide) rings is 1. The van der Waals surface area contributed by atoms with Gasteiger partial charge in [-0.15, -0.1) is 0 Å². The van der Waals surface area contributed by atoms with Gasteiger partial charge in [0.2, 0.25) is 11.8 Å².